The molecule has 2 heterocycles. The number of imidazole rings is 1. The van der Waals surface area contributed by atoms with Crippen LogP contribution in [-0.4, -0.2) is 26.5 Å². The third-order valence-electron chi connectivity index (χ3n) is 3.92. The molecule has 1 aromatic carbocycles. The number of nitrogens with zero attached hydrogens (tertiary/aromatic N) is 2. The molecule has 1 atom stereocenters. The number of pyridine rings is 1. The van der Waals surface area contributed by atoms with Crippen molar-refractivity contribution in [1.29, 1.82) is 0 Å². The molecule has 0 bridgehead atoms. The maximum atomic E-state index is 11.2. The molecule has 0 aliphatic heterocycles. The van der Waals surface area contributed by atoms with Crippen molar-refractivity contribution in [3.05, 3.63) is 59.4 Å². The van der Waals surface area contributed by atoms with Gasteiger partial charge < -0.3 is 15.2 Å². The lowest BCUT2D eigenvalue weighted by molar-refractivity contribution is -0.138. The van der Waals surface area contributed by atoms with Crippen LogP contribution in [0.4, 0.5) is 0 Å². The summed E-state index contributed by atoms with van der Waals surface area (Å²) < 4.78 is 1.94. The Balaban J connectivity index is 2.19. The zero-order valence-corrected chi connectivity index (χ0v) is 13.2. The number of nitrogens with two attached hydrogens (primary N) is 1. The van der Waals surface area contributed by atoms with Gasteiger partial charge >= 0.3 is 5.97 Å². The summed E-state index contributed by atoms with van der Waals surface area (Å²) >= 11 is 0. The maximum absolute atomic E-state index is 11.2. The minimum atomic E-state index is -1.01. The summed E-state index contributed by atoms with van der Waals surface area (Å²) in [4.78, 5) is 15.8. The highest BCUT2D eigenvalue weighted by Gasteiger charge is 2.20. The molecular weight excluding hydrogens is 290 g/mol. The first-order valence-electron chi connectivity index (χ1n) is 7.48. The number of aryl methyl sites for hydroxylation is 2. The normalized spacial score (nSPS) is 12.5. The summed E-state index contributed by atoms with van der Waals surface area (Å²) in [7, 11) is 0. The maximum Gasteiger partial charge on any atom is 0.320 e. The average molecular weight is 309 g/mol. The number of carboxylic acids is 1. The van der Waals surface area contributed by atoms with Crippen molar-refractivity contribution >= 4 is 11.6 Å². The number of hydrogen-bond donors (Lipinski definition) is 2. The van der Waals surface area contributed by atoms with E-state index in [9.17, 15) is 4.79 Å². The molecule has 0 aliphatic carbocycles. The predicted octanol–water partition coefficient (Wildman–Crippen LogP) is 2.57. The lowest BCUT2D eigenvalue weighted by Gasteiger charge is -2.09. The number of carboxylic acid groups (broad SMARTS) is 1. The average Bonchev–Trinajstić information content (AvgIpc) is 2.86. The van der Waals surface area contributed by atoms with Gasteiger partial charge in [0.2, 0.25) is 0 Å². The van der Waals surface area contributed by atoms with Crippen LogP contribution in [0, 0.1) is 13.8 Å². The van der Waals surface area contributed by atoms with E-state index in [0.717, 1.165) is 33.7 Å². The minimum absolute atomic E-state index is 0.225. The summed E-state index contributed by atoms with van der Waals surface area (Å²) in [5, 5.41) is 9.15. The number of benzene rings is 1. The minimum Gasteiger partial charge on any atom is -0.480 e. The lowest BCUT2D eigenvalue weighted by atomic mass is 10.0. The summed E-state index contributed by atoms with van der Waals surface area (Å²) in [5.41, 5.74) is 11.4. The molecule has 5 heteroatoms. The molecule has 0 amide bonds. The van der Waals surface area contributed by atoms with Crippen LogP contribution in [0.2, 0.25) is 0 Å². The fourth-order valence-electron chi connectivity index (χ4n) is 2.63. The number of aromatic nitrogens is 2. The van der Waals surface area contributed by atoms with Crippen LogP contribution in [-0.2, 0) is 11.2 Å². The van der Waals surface area contributed by atoms with Crippen molar-refractivity contribution in [2.24, 2.45) is 5.73 Å². The van der Waals surface area contributed by atoms with Gasteiger partial charge in [-0.15, -0.1) is 0 Å². The summed E-state index contributed by atoms with van der Waals surface area (Å²) in [6.07, 6.45) is 2.19. The Hall–Kier alpha value is -2.66. The van der Waals surface area contributed by atoms with Gasteiger partial charge in [-0.05, 0) is 25.5 Å². The molecule has 3 rings (SSSR count). The van der Waals surface area contributed by atoms with Crippen molar-refractivity contribution in [2.45, 2.75) is 26.3 Å². The van der Waals surface area contributed by atoms with Crippen LogP contribution in [0.25, 0.3) is 16.9 Å². The highest BCUT2D eigenvalue weighted by molar-refractivity contribution is 5.75. The molecule has 0 aliphatic rings. The molecule has 0 radical (unpaired) electrons. The van der Waals surface area contributed by atoms with Gasteiger partial charge in [0.15, 0.2) is 0 Å². The van der Waals surface area contributed by atoms with Crippen LogP contribution in [0.3, 0.4) is 0 Å². The third kappa shape index (κ3) is 2.96. The molecule has 0 saturated heterocycles. The van der Waals surface area contributed by atoms with E-state index in [0.29, 0.717) is 0 Å². The third-order valence-corrected chi connectivity index (χ3v) is 3.92. The molecule has 2 aromatic heterocycles. The van der Waals surface area contributed by atoms with Crippen molar-refractivity contribution < 1.29 is 9.90 Å². The summed E-state index contributed by atoms with van der Waals surface area (Å²) in [5.74, 6) is -1.01. The largest absolute Gasteiger partial charge is 0.480 e. The smallest absolute Gasteiger partial charge is 0.320 e. The van der Waals surface area contributed by atoms with Gasteiger partial charge in [-0.3, -0.25) is 4.79 Å². The second kappa shape index (κ2) is 5.85. The second-order valence-electron chi connectivity index (χ2n) is 5.86. The van der Waals surface area contributed by atoms with Gasteiger partial charge in [0.25, 0.3) is 0 Å². The quantitative estimate of drug-likeness (QED) is 0.776. The van der Waals surface area contributed by atoms with Gasteiger partial charge in [-0.2, -0.15) is 0 Å². The number of hydrogen-bond acceptors (Lipinski definition) is 3. The Bertz CT molecular complexity index is 866. The molecule has 1 unspecified atom stereocenters. The Morgan fingerprint density at radius 2 is 1.83 bits per heavy atom. The fraction of sp³-hybridized carbons (Fsp3) is 0.222. The van der Waals surface area contributed by atoms with E-state index in [1.54, 1.807) is 0 Å². The highest BCUT2D eigenvalue weighted by Crippen LogP contribution is 2.26. The van der Waals surface area contributed by atoms with Crippen LogP contribution < -0.4 is 5.73 Å². The number of fused-ring (bicyclic) bond motifs is 1. The van der Waals surface area contributed by atoms with Crippen LogP contribution in [0.15, 0.2) is 42.6 Å². The zero-order valence-electron chi connectivity index (χ0n) is 13.2. The van der Waals surface area contributed by atoms with E-state index in [-0.39, 0.29) is 6.42 Å². The molecule has 0 spiro atoms. The van der Waals surface area contributed by atoms with Crippen molar-refractivity contribution in [3.8, 4) is 11.3 Å². The Labute approximate surface area is 134 Å². The van der Waals surface area contributed by atoms with E-state index in [4.69, 9.17) is 10.8 Å². The van der Waals surface area contributed by atoms with Gasteiger partial charge in [0, 0.05) is 18.2 Å². The van der Waals surface area contributed by atoms with Gasteiger partial charge in [0.1, 0.15) is 11.7 Å². The second-order valence-corrected chi connectivity index (χ2v) is 5.86. The van der Waals surface area contributed by atoms with Crippen LogP contribution in [0.1, 0.15) is 16.8 Å². The Morgan fingerprint density at radius 3 is 2.48 bits per heavy atom. The number of aliphatic carboxylic acids is 1. The molecule has 118 valence electrons. The Morgan fingerprint density at radius 1 is 1.17 bits per heavy atom. The van der Waals surface area contributed by atoms with Crippen molar-refractivity contribution in [1.82, 2.24) is 9.38 Å². The first kappa shape index (κ1) is 15.2. The molecule has 5 nitrogen and oxygen atoms in total. The van der Waals surface area contributed by atoms with Crippen molar-refractivity contribution in [3.63, 3.8) is 0 Å². The number of rotatable bonds is 4. The van der Waals surface area contributed by atoms with Crippen molar-refractivity contribution in [2.75, 3.05) is 0 Å². The lowest BCUT2D eigenvalue weighted by Crippen LogP contribution is -2.32. The SMILES string of the molecule is Cc1ccc(-c2nc3ccc(C)cn3c2CC(N)C(=O)O)cc1. The van der Waals surface area contributed by atoms with E-state index in [1.807, 2.05) is 60.8 Å². The molecule has 0 fully saturated rings. The highest BCUT2D eigenvalue weighted by atomic mass is 16.4. The predicted molar refractivity (Wildman–Crippen MR) is 89.4 cm³/mol. The standard InChI is InChI=1S/C18H19N3O2/c1-11-3-6-13(7-4-11)17-15(9-14(19)18(22)23)21-10-12(2)5-8-16(21)20-17/h3-8,10,14H,9,19H2,1-2H3,(H,22,23). The van der Waals surface area contributed by atoms with E-state index in [2.05, 4.69) is 4.98 Å². The first-order valence-corrected chi connectivity index (χ1v) is 7.48. The van der Waals surface area contributed by atoms with E-state index >= 15 is 0 Å². The molecule has 3 N–H and O–H groups in total. The molecular formula is C18H19N3O2. The van der Waals surface area contributed by atoms with E-state index in [1.165, 1.54) is 0 Å². The van der Waals surface area contributed by atoms with Gasteiger partial charge in [-0.25, -0.2) is 4.98 Å². The topological polar surface area (TPSA) is 80.6 Å². The summed E-state index contributed by atoms with van der Waals surface area (Å²) in [6.45, 7) is 4.02. The van der Waals surface area contributed by atoms with Gasteiger partial charge in [-0.1, -0.05) is 35.9 Å². The Kier molecular flexibility index (Phi) is 3.88. The molecule has 0 saturated carbocycles. The van der Waals surface area contributed by atoms with E-state index < -0.39 is 12.0 Å². The van der Waals surface area contributed by atoms with Crippen LogP contribution in [0.5, 0.6) is 0 Å². The zero-order chi connectivity index (χ0) is 16.6. The monoisotopic (exact) mass is 309 g/mol. The summed E-state index contributed by atoms with van der Waals surface area (Å²) in [6, 6.07) is 11.0. The van der Waals surface area contributed by atoms with Gasteiger partial charge in [0.05, 0.1) is 11.4 Å². The molecule has 23 heavy (non-hydrogen) atoms. The van der Waals surface area contributed by atoms with Crippen LogP contribution >= 0.6 is 0 Å². The molecule has 3 aromatic rings. The fourth-order valence-corrected chi connectivity index (χ4v) is 2.63. The first-order chi connectivity index (χ1) is 11.0. The number of carbonyl (C=O) groups is 1.